The third kappa shape index (κ3) is 5.37. The van der Waals surface area contributed by atoms with E-state index in [9.17, 15) is 18.8 Å². The van der Waals surface area contributed by atoms with Crippen LogP contribution in [0.5, 0.6) is 5.75 Å². The average molecular weight is 609 g/mol. The summed E-state index contributed by atoms with van der Waals surface area (Å²) in [6.07, 6.45) is 0.797. The van der Waals surface area contributed by atoms with Gasteiger partial charge in [0.25, 0.3) is 0 Å². The summed E-state index contributed by atoms with van der Waals surface area (Å²) in [7, 11) is 0. The van der Waals surface area contributed by atoms with E-state index in [1.54, 1.807) is 4.90 Å². The molecular weight excluding hydrogens is 579 g/mol. The maximum atomic E-state index is 14.1. The zero-order valence-corrected chi connectivity index (χ0v) is 25.1. The number of carbonyl (C=O) groups excluding carboxylic acids is 1. The summed E-state index contributed by atoms with van der Waals surface area (Å²) in [5.74, 6) is -1.35. The zero-order chi connectivity index (χ0) is 30.5. The van der Waals surface area contributed by atoms with Gasteiger partial charge in [-0.25, -0.2) is 8.78 Å². The Bertz CT molecular complexity index is 1740. The van der Waals surface area contributed by atoms with Crippen molar-refractivity contribution in [3.05, 3.63) is 115 Å². The molecule has 3 aromatic rings. The summed E-state index contributed by atoms with van der Waals surface area (Å²) < 4.78 is 33.6. The maximum absolute atomic E-state index is 14.1. The fraction of sp³-hybridized carbons (Fsp3) is 0.273. The molecule has 216 valence electrons. The Hall–Kier alpha value is -3.86. The van der Waals surface area contributed by atoms with Gasteiger partial charge in [0.2, 0.25) is 0 Å². The Morgan fingerprint density at radius 2 is 1.81 bits per heavy atom. The van der Waals surface area contributed by atoms with Crippen molar-refractivity contribution in [2.24, 2.45) is 11.1 Å². The fourth-order valence-electron chi connectivity index (χ4n) is 5.90. The molecule has 0 bridgehead atoms. The first-order chi connectivity index (χ1) is 19.8. The number of aryl methyl sites for hydroxylation is 1. The highest BCUT2D eigenvalue weighted by molar-refractivity contribution is 6.32. The molecule has 2 N–H and O–H groups in total. The lowest BCUT2D eigenvalue weighted by atomic mass is 9.68. The summed E-state index contributed by atoms with van der Waals surface area (Å²) in [6, 6.07) is 14.3. The maximum Gasteiger partial charge on any atom is 0.162 e. The topological polar surface area (TPSA) is 79.3 Å². The molecule has 1 atom stereocenters. The van der Waals surface area contributed by atoms with Crippen LogP contribution in [0.1, 0.15) is 54.9 Å². The Morgan fingerprint density at radius 1 is 1.07 bits per heavy atom. The van der Waals surface area contributed by atoms with E-state index in [1.807, 2.05) is 39.8 Å². The van der Waals surface area contributed by atoms with E-state index in [0.717, 1.165) is 22.3 Å². The summed E-state index contributed by atoms with van der Waals surface area (Å²) >= 11 is 12.3. The minimum absolute atomic E-state index is 0.0819. The number of allylic oxidation sites excluding steroid dienone is 3. The number of carbonyl (C=O) groups is 1. The second-order valence-electron chi connectivity index (χ2n) is 11.6. The van der Waals surface area contributed by atoms with Crippen LogP contribution in [0.2, 0.25) is 10.0 Å². The predicted molar refractivity (Wildman–Crippen MR) is 160 cm³/mol. The van der Waals surface area contributed by atoms with Crippen LogP contribution in [0.4, 0.5) is 14.5 Å². The quantitative estimate of drug-likeness (QED) is 0.315. The molecule has 1 aliphatic heterocycles. The number of nitrogens with two attached hydrogens (primary N) is 1. The van der Waals surface area contributed by atoms with Gasteiger partial charge in [0, 0.05) is 23.4 Å². The van der Waals surface area contributed by atoms with Crippen molar-refractivity contribution in [1.29, 1.82) is 5.26 Å². The number of hydrogen-bond acceptors (Lipinski definition) is 5. The average Bonchev–Trinajstić information content (AvgIpc) is 2.90. The Kier molecular flexibility index (Phi) is 7.82. The van der Waals surface area contributed by atoms with Crippen molar-refractivity contribution in [2.75, 3.05) is 4.90 Å². The number of rotatable bonds is 5. The van der Waals surface area contributed by atoms with Crippen LogP contribution in [0.25, 0.3) is 0 Å². The van der Waals surface area contributed by atoms with Crippen molar-refractivity contribution in [3.63, 3.8) is 0 Å². The second kappa shape index (κ2) is 11.1. The number of ether oxygens (including phenoxy) is 1. The normalized spacial score (nSPS) is 18.2. The lowest BCUT2D eigenvalue weighted by Crippen LogP contribution is -2.42. The third-order valence-corrected chi connectivity index (χ3v) is 8.42. The van der Waals surface area contributed by atoms with Gasteiger partial charge in [-0.1, -0.05) is 54.7 Å². The molecule has 0 radical (unpaired) electrons. The van der Waals surface area contributed by atoms with Gasteiger partial charge in [-0.15, -0.1) is 0 Å². The molecule has 0 spiro atoms. The summed E-state index contributed by atoms with van der Waals surface area (Å²) in [5.41, 5.74) is 11.5. The van der Waals surface area contributed by atoms with Crippen LogP contribution in [0.3, 0.4) is 0 Å². The molecule has 2 aliphatic rings. The summed E-state index contributed by atoms with van der Waals surface area (Å²) in [5, 5.41) is 10.5. The lowest BCUT2D eigenvalue weighted by molar-refractivity contribution is -0.118. The smallest absolute Gasteiger partial charge is 0.162 e. The standard InChI is InChI=1S/C33H29Cl2F2N3O2/c1-17-9-19(16-42-29-8-5-20(36)11-25(29)35)18(2)22(10-17)30-23(15-38)32(39)40(21-6-7-26(37)24(34)12-21)27-13-33(3,4)14-28(41)31(27)30/h5-12,30H,13-14,16,39H2,1-4H3. The van der Waals surface area contributed by atoms with Gasteiger partial charge in [0.15, 0.2) is 5.78 Å². The van der Waals surface area contributed by atoms with E-state index in [0.29, 0.717) is 35.5 Å². The molecule has 5 nitrogen and oxygen atoms in total. The molecule has 1 aliphatic carbocycles. The lowest BCUT2D eigenvalue weighted by Gasteiger charge is -2.44. The minimum atomic E-state index is -0.714. The zero-order valence-electron chi connectivity index (χ0n) is 23.6. The number of Topliss-reactive ketones (excluding diaryl/α,β-unsaturated/α-hetero) is 1. The highest BCUT2D eigenvalue weighted by Gasteiger charge is 2.45. The van der Waals surface area contributed by atoms with Gasteiger partial charge in [0.05, 0.1) is 27.6 Å². The molecule has 42 heavy (non-hydrogen) atoms. The van der Waals surface area contributed by atoms with Crippen LogP contribution in [0.15, 0.2) is 71.2 Å². The largest absolute Gasteiger partial charge is 0.487 e. The van der Waals surface area contributed by atoms with E-state index >= 15 is 0 Å². The number of halogens is 4. The third-order valence-electron chi connectivity index (χ3n) is 7.83. The fourth-order valence-corrected chi connectivity index (χ4v) is 6.30. The van der Waals surface area contributed by atoms with Gasteiger partial charge in [-0.2, -0.15) is 5.26 Å². The molecule has 9 heteroatoms. The highest BCUT2D eigenvalue weighted by atomic mass is 35.5. The SMILES string of the molecule is Cc1cc(COc2ccc(F)cc2Cl)c(C)c(C2C(C#N)=C(N)N(c3ccc(F)c(Cl)c3)C3=C2C(=O)CC(C)(C)C3)c1. The van der Waals surface area contributed by atoms with Gasteiger partial charge in [-0.05, 0) is 78.8 Å². The molecule has 1 unspecified atom stereocenters. The minimum Gasteiger partial charge on any atom is -0.487 e. The molecule has 0 saturated carbocycles. The molecule has 0 fully saturated rings. The van der Waals surface area contributed by atoms with Crippen molar-refractivity contribution in [2.45, 2.75) is 53.1 Å². The number of benzene rings is 3. The summed E-state index contributed by atoms with van der Waals surface area (Å²) in [6.45, 7) is 7.98. The Balaban J connectivity index is 1.67. The van der Waals surface area contributed by atoms with Gasteiger partial charge < -0.3 is 10.5 Å². The molecule has 3 aromatic carbocycles. The molecule has 0 amide bonds. The first-order valence-electron chi connectivity index (χ1n) is 13.4. The van der Waals surface area contributed by atoms with Crippen molar-refractivity contribution >= 4 is 34.7 Å². The van der Waals surface area contributed by atoms with Crippen LogP contribution < -0.4 is 15.4 Å². The number of nitrogens with zero attached hydrogens (tertiary/aromatic N) is 2. The van der Waals surface area contributed by atoms with E-state index < -0.39 is 17.6 Å². The Labute approximate surface area is 253 Å². The van der Waals surface area contributed by atoms with Gasteiger partial charge in [0.1, 0.15) is 29.8 Å². The van der Waals surface area contributed by atoms with Crippen LogP contribution in [0, 0.1) is 42.2 Å². The van der Waals surface area contributed by atoms with Crippen molar-refractivity contribution in [1.82, 2.24) is 0 Å². The predicted octanol–water partition coefficient (Wildman–Crippen LogP) is 8.41. The van der Waals surface area contributed by atoms with Crippen molar-refractivity contribution < 1.29 is 18.3 Å². The van der Waals surface area contributed by atoms with Crippen LogP contribution in [-0.4, -0.2) is 5.78 Å². The molecular formula is C33H29Cl2F2N3O2. The van der Waals surface area contributed by atoms with Crippen LogP contribution >= 0.6 is 23.2 Å². The van der Waals surface area contributed by atoms with Crippen molar-refractivity contribution in [3.8, 4) is 11.8 Å². The van der Waals surface area contributed by atoms with Gasteiger partial charge >= 0.3 is 0 Å². The number of nitriles is 1. The van der Waals surface area contributed by atoms with Crippen LogP contribution in [-0.2, 0) is 11.4 Å². The van der Waals surface area contributed by atoms with E-state index in [2.05, 4.69) is 6.07 Å². The molecule has 0 aromatic heterocycles. The highest BCUT2D eigenvalue weighted by Crippen LogP contribution is 2.51. The second-order valence-corrected chi connectivity index (χ2v) is 12.4. The first-order valence-corrected chi connectivity index (χ1v) is 14.2. The first kappa shape index (κ1) is 29.6. The molecule has 5 rings (SSSR count). The van der Waals surface area contributed by atoms with E-state index in [1.165, 1.54) is 36.4 Å². The molecule has 1 heterocycles. The van der Waals surface area contributed by atoms with E-state index in [-0.39, 0.29) is 39.2 Å². The summed E-state index contributed by atoms with van der Waals surface area (Å²) in [4.78, 5) is 15.6. The number of ketones is 1. The molecule has 0 saturated heterocycles. The monoisotopic (exact) mass is 607 g/mol. The Morgan fingerprint density at radius 3 is 2.48 bits per heavy atom. The number of anilines is 1. The van der Waals surface area contributed by atoms with Gasteiger partial charge in [-0.3, -0.25) is 9.69 Å². The van der Waals surface area contributed by atoms with E-state index in [4.69, 9.17) is 33.7 Å². The number of hydrogen-bond donors (Lipinski definition) is 1.